The molecule has 0 bridgehead atoms. The first-order valence-corrected chi connectivity index (χ1v) is 10.9. The van der Waals surface area contributed by atoms with Crippen LogP contribution in [0.25, 0.3) is 21.5 Å². The third-order valence-electron chi connectivity index (χ3n) is 5.23. The molecule has 0 atom stereocenters. The summed E-state index contributed by atoms with van der Waals surface area (Å²) in [6.07, 6.45) is 10.1. The Morgan fingerprint density at radius 2 is 1.50 bits per heavy atom. The van der Waals surface area contributed by atoms with Crippen LogP contribution in [0, 0.1) is 0 Å². The summed E-state index contributed by atoms with van der Waals surface area (Å²) in [6.45, 7) is 2.23. The minimum Gasteiger partial charge on any atom is -0.425 e. The molecule has 0 aliphatic carbocycles. The Morgan fingerprint density at radius 3 is 2.29 bits per heavy atom. The molecule has 3 aromatic rings. The smallest absolute Gasteiger partial charge is 0.311 e. The summed E-state index contributed by atoms with van der Waals surface area (Å²) in [5.41, 5.74) is 0. The van der Waals surface area contributed by atoms with Crippen LogP contribution in [0.3, 0.4) is 0 Å². The first-order valence-electron chi connectivity index (χ1n) is 10.5. The van der Waals surface area contributed by atoms with Gasteiger partial charge in [-0.25, -0.2) is 0 Å². The van der Waals surface area contributed by atoms with Crippen molar-refractivity contribution in [3.05, 3.63) is 53.6 Å². The minimum atomic E-state index is -0.163. The molecular weight excluding hydrogens is 368 g/mol. The number of carbonyl (C=O) groups excluding carboxylic acids is 1. The monoisotopic (exact) mass is 396 g/mol. The molecular formula is C25H29ClO2. The van der Waals surface area contributed by atoms with E-state index in [4.69, 9.17) is 16.3 Å². The van der Waals surface area contributed by atoms with Gasteiger partial charge in [0, 0.05) is 22.2 Å². The fraction of sp³-hybridized carbons (Fsp3) is 0.400. The third-order valence-corrected chi connectivity index (χ3v) is 5.46. The Bertz CT molecular complexity index is 932. The molecule has 0 aliphatic rings. The molecule has 3 heteroatoms. The van der Waals surface area contributed by atoms with Crippen molar-refractivity contribution >= 4 is 39.1 Å². The highest BCUT2D eigenvalue weighted by Gasteiger charge is 2.13. The molecule has 3 rings (SSSR count). The van der Waals surface area contributed by atoms with Gasteiger partial charge in [-0.15, -0.1) is 0 Å². The summed E-state index contributed by atoms with van der Waals surface area (Å²) >= 11 is 6.20. The summed E-state index contributed by atoms with van der Waals surface area (Å²) in [7, 11) is 0. The van der Waals surface area contributed by atoms with Crippen LogP contribution in [0.2, 0.25) is 5.02 Å². The van der Waals surface area contributed by atoms with E-state index >= 15 is 0 Å². The number of rotatable bonds is 10. The molecule has 0 saturated heterocycles. The summed E-state index contributed by atoms with van der Waals surface area (Å²) in [6, 6.07) is 15.8. The SMILES string of the molecule is CCCCCCCCCCC(=O)Oc1c2ccccc2cc2ccc(Cl)cc12. The van der Waals surface area contributed by atoms with E-state index in [1.54, 1.807) is 0 Å². The number of carbonyl (C=O) groups is 1. The molecule has 0 unspecified atom stereocenters. The van der Waals surface area contributed by atoms with Gasteiger partial charge in [0.25, 0.3) is 0 Å². The standard InChI is InChI=1S/C25H29ClO2/c1-2-3-4-5-6-7-8-9-14-24(27)28-25-22-13-11-10-12-19(22)17-20-15-16-21(26)18-23(20)25/h10-13,15-18H,2-9,14H2,1H3. The Hall–Kier alpha value is -2.06. The lowest BCUT2D eigenvalue weighted by atomic mass is 10.0. The van der Waals surface area contributed by atoms with Crippen molar-refractivity contribution < 1.29 is 9.53 Å². The van der Waals surface area contributed by atoms with Gasteiger partial charge in [0.1, 0.15) is 5.75 Å². The third kappa shape index (κ3) is 5.48. The van der Waals surface area contributed by atoms with Crippen molar-refractivity contribution in [1.29, 1.82) is 0 Å². The van der Waals surface area contributed by atoms with E-state index in [1.165, 1.54) is 38.5 Å². The zero-order chi connectivity index (χ0) is 19.8. The maximum absolute atomic E-state index is 12.5. The lowest BCUT2D eigenvalue weighted by Crippen LogP contribution is -2.08. The maximum Gasteiger partial charge on any atom is 0.311 e. The van der Waals surface area contributed by atoms with Crippen LogP contribution >= 0.6 is 11.6 Å². The van der Waals surface area contributed by atoms with E-state index in [1.807, 2.05) is 42.5 Å². The van der Waals surface area contributed by atoms with Gasteiger partial charge < -0.3 is 4.74 Å². The van der Waals surface area contributed by atoms with Gasteiger partial charge in [-0.05, 0) is 35.4 Å². The average Bonchev–Trinajstić information content (AvgIpc) is 2.70. The summed E-state index contributed by atoms with van der Waals surface area (Å²) in [5, 5.41) is 4.56. The normalized spacial score (nSPS) is 11.2. The quantitative estimate of drug-likeness (QED) is 0.150. The zero-order valence-corrected chi connectivity index (χ0v) is 17.4. The Morgan fingerprint density at radius 1 is 0.821 bits per heavy atom. The van der Waals surface area contributed by atoms with Gasteiger partial charge in [-0.1, -0.05) is 93.8 Å². The number of ether oxygens (including phenoxy) is 1. The molecule has 3 aromatic carbocycles. The molecule has 0 N–H and O–H groups in total. The van der Waals surface area contributed by atoms with Crippen molar-refractivity contribution in [3.8, 4) is 5.75 Å². The first-order chi connectivity index (χ1) is 13.7. The molecule has 148 valence electrons. The van der Waals surface area contributed by atoms with Gasteiger partial charge in [0.15, 0.2) is 0 Å². The topological polar surface area (TPSA) is 26.3 Å². The molecule has 0 heterocycles. The molecule has 0 aromatic heterocycles. The molecule has 0 radical (unpaired) electrons. The molecule has 2 nitrogen and oxygen atoms in total. The van der Waals surface area contributed by atoms with Gasteiger partial charge in [-0.3, -0.25) is 4.79 Å². The lowest BCUT2D eigenvalue weighted by Gasteiger charge is -2.12. The number of benzene rings is 3. The molecule has 0 spiro atoms. The van der Waals surface area contributed by atoms with Crippen LogP contribution in [0.5, 0.6) is 5.75 Å². The van der Waals surface area contributed by atoms with Crippen LogP contribution in [0.1, 0.15) is 64.7 Å². The van der Waals surface area contributed by atoms with Crippen molar-refractivity contribution in [2.75, 3.05) is 0 Å². The number of esters is 1. The van der Waals surface area contributed by atoms with Gasteiger partial charge >= 0.3 is 5.97 Å². The van der Waals surface area contributed by atoms with E-state index in [9.17, 15) is 4.79 Å². The fourth-order valence-corrected chi connectivity index (χ4v) is 3.84. The lowest BCUT2D eigenvalue weighted by molar-refractivity contribution is -0.134. The van der Waals surface area contributed by atoms with Crippen molar-refractivity contribution in [1.82, 2.24) is 0 Å². The predicted octanol–water partition coefficient (Wildman–Crippen LogP) is 8.08. The second-order valence-corrected chi connectivity index (χ2v) is 7.93. The maximum atomic E-state index is 12.5. The van der Waals surface area contributed by atoms with Gasteiger partial charge in [-0.2, -0.15) is 0 Å². The summed E-state index contributed by atoms with van der Waals surface area (Å²) in [5.74, 6) is 0.462. The highest BCUT2D eigenvalue weighted by molar-refractivity contribution is 6.31. The average molecular weight is 397 g/mol. The molecule has 0 fully saturated rings. The van der Waals surface area contributed by atoms with Crippen LogP contribution in [0.15, 0.2) is 48.5 Å². The second-order valence-electron chi connectivity index (χ2n) is 7.49. The van der Waals surface area contributed by atoms with Crippen molar-refractivity contribution in [3.63, 3.8) is 0 Å². The van der Waals surface area contributed by atoms with Crippen LogP contribution in [-0.2, 0) is 4.79 Å². The number of halogens is 1. The van der Waals surface area contributed by atoms with Gasteiger partial charge in [0.05, 0.1) is 0 Å². The Labute approximate surface area is 172 Å². The van der Waals surface area contributed by atoms with Crippen LogP contribution < -0.4 is 4.74 Å². The number of hydrogen-bond acceptors (Lipinski definition) is 2. The molecule has 0 amide bonds. The second kappa shape index (κ2) is 10.5. The summed E-state index contributed by atoms with van der Waals surface area (Å²) < 4.78 is 5.86. The summed E-state index contributed by atoms with van der Waals surface area (Å²) in [4.78, 5) is 12.5. The Kier molecular flexibility index (Phi) is 7.73. The van der Waals surface area contributed by atoms with Crippen molar-refractivity contribution in [2.45, 2.75) is 64.7 Å². The van der Waals surface area contributed by atoms with E-state index < -0.39 is 0 Å². The number of fused-ring (bicyclic) bond motifs is 2. The number of hydrogen-bond donors (Lipinski definition) is 0. The van der Waals surface area contributed by atoms with Crippen molar-refractivity contribution in [2.24, 2.45) is 0 Å². The predicted molar refractivity (Wildman–Crippen MR) is 119 cm³/mol. The molecule has 28 heavy (non-hydrogen) atoms. The minimum absolute atomic E-state index is 0.163. The fourth-order valence-electron chi connectivity index (χ4n) is 3.67. The van der Waals surface area contributed by atoms with Crippen LogP contribution in [-0.4, -0.2) is 5.97 Å². The zero-order valence-electron chi connectivity index (χ0n) is 16.7. The van der Waals surface area contributed by atoms with E-state index in [2.05, 4.69) is 13.0 Å². The highest BCUT2D eigenvalue weighted by Crippen LogP contribution is 2.36. The van der Waals surface area contributed by atoms with Crippen LogP contribution in [0.4, 0.5) is 0 Å². The van der Waals surface area contributed by atoms with E-state index in [-0.39, 0.29) is 5.97 Å². The highest BCUT2D eigenvalue weighted by atomic mass is 35.5. The first kappa shape index (κ1) is 20.7. The number of unbranched alkanes of at least 4 members (excludes halogenated alkanes) is 7. The van der Waals surface area contributed by atoms with E-state index in [0.717, 1.165) is 34.4 Å². The van der Waals surface area contributed by atoms with E-state index in [0.29, 0.717) is 17.2 Å². The largest absolute Gasteiger partial charge is 0.425 e. The Balaban J connectivity index is 1.64. The molecule has 0 aliphatic heterocycles. The molecule has 0 saturated carbocycles. The van der Waals surface area contributed by atoms with Gasteiger partial charge in [0.2, 0.25) is 0 Å².